The van der Waals surface area contributed by atoms with Gasteiger partial charge in [-0.3, -0.25) is 0 Å². The van der Waals surface area contributed by atoms with Gasteiger partial charge in [-0.2, -0.15) is 0 Å². The maximum atomic E-state index is 12.2. The molecule has 2 amide bonds. The molecule has 1 fully saturated rings. The van der Waals surface area contributed by atoms with Gasteiger partial charge in [0.1, 0.15) is 18.1 Å². The highest BCUT2D eigenvalue weighted by atomic mass is 16.5. The molecular formula is C22H25N5O2. The summed E-state index contributed by atoms with van der Waals surface area (Å²) in [4.78, 5) is 14.0. The van der Waals surface area contributed by atoms with Crippen molar-refractivity contribution in [3.63, 3.8) is 0 Å². The Hall–Kier alpha value is -3.35. The second kappa shape index (κ2) is 9.23. The molecule has 2 heterocycles. The molecule has 1 N–H and O–H groups in total. The van der Waals surface area contributed by atoms with E-state index in [1.54, 1.807) is 4.90 Å². The monoisotopic (exact) mass is 391 g/mol. The molecule has 0 aliphatic carbocycles. The smallest absolute Gasteiger partial charge is 0.317 e. The number of hydrogen-bond donors (Lipinski definition) is 1. The standard InChI is InChI=1S/C22H25N5O2/c28-22(23-13-7-10-18-8-3-1-4-9-18)26-15-20(16-26)27-14-19(24-25-27)17-29-21-11-5-2-6-12-21/h1-6,8-9,11-12,14,20H,7,10,13,15-17H2,(H,23,28). The van der Waals surface area contributed by atoms with Gasteiger partial charge < -0.3 is 15.0 Å². The number of nitrogens with one attached hydrogen (secondary N) is 1. The van der Waals surface area contributed by atoms with E-state index in [1.807, 2.05) is 59.4 Å². The Morgan fingerprint density at radius 1 is 1.07 bits per heavy atom. The number of rotatable bonds is 8. The number of likely N-dealkylation sites (tertiary alicyclic amines) is 1. The van der Waals surface area contributed by atoms with Crippen molar-refractivity contribution in [1.82, 2.24) is 25.2 Å². The van der Waals surface area contributed by atoms with E-state index in [-0.39, 0.29) is 12.1 Å². The van der Waals surface area contributed by atoms with Crippen molar-refractivity contribution >= 4 is 6.03 Å². The minimum absolute atomic E-state index is 0.0120. The molecular weight excluding hydrogens is 366 g/mol. The number of amides is 2. The number of nitrogens with zero attached hydrogens (tertiary/aromatic N) is 4. The Balaban J connectivity index is 1.15. The molecule has 0 atom stereocenters. The number of carbonyl (C=O) groups excluding carboxylic acids is 1. The third-order valence-electron chi connectivity index (χ3n) is 4.97. The van der Waals surface area contributed by atoms with Gasteiger partial charge in [-0.05, 0) is 30.5 Å². The summed E-state index contributed by atoms with van der Waals surface area (Å²) in [6.45, 7) is 2.35. The van der Waals surface area contributed by atoms with Crippen molar-refractivity contribution in [2.75, 3.05) is 19.6 Å². The molecule has 29 heavy (non-hydrogen) atoms. The zero-order chi connectivity index (χ0) is 19.9. The van der Waals surface area contributed by atoms with E-state index < -0.39 is 0 Å². The Labute approximate surface area is 170 Å². The van der Waals surface area contributed by atoms with Gasteiger partial charge >= 0.3 is 6.03 Å². The summed E-state index contributed by atoms with van der Waals surface area (Å²) in [6, 6.07) is 20.1. The highest BCUT2D eigenvalue weighted by molar-refractivity contribution is 5.75. The lowest BCUT2D eigenvalue weighted by molar-refractivity contribution is 0.117. The molecule has 1 aliphatic rings. The van der Waals surface area contributed by atoms with Crippen LogP contribution in [0.2, 0.25) is 0 Å². The maximum Gasteiger partial charge on any atom is 0.317 e. The van der Waals surface area contributed by atoms with Crippen LogP contribution in [0.5, 0.6) is 5.75 Å². The number of aryl methyl sites for hydroxylation is 1. The molecule has 4 rings (SSSR count). The molecule has 1 aromatic heterocycles. The van der Waals surface area contributed by atoms with Crippen LogP contribution in [0.3, 0.4) is 0 Å². The molecule has 7 heteroatoms. The lowest BCUT2D eigenvalue weighted by atomic mass is 10.1. The van der Waals surface area contributed by atoms with Gasteiger partial charge in [0, 0.05) is 19.6 Å². The maximum absolute atomic E-state index is 12.2. The largest absolute Gasteiger partial charge is 0.487 e. The summed E-state index contributed by atoms with van der Waals surface area (Å²) < 4.78 is 7.51. The molecule has 0 saturated carbocycles. The third-order valence-corrected chi connectivity index (χ3v) is 4.97. The fourth-order valence-electron chi connectivity index (χ4n) is 3.26. The highest BCUT2D eigenvalue weighted by Gasteiger charge is 2.32. The van der Waals surface area contributed by atoms with E-state index >= 15 is 0 Å². The Morgan fingerprint density at radius 3 is 2.55 bits per heavy atom. The topological polar surface area (TPSA) is 72.3 Å². The van der Waals surface area contributed by atoms with Gasteiger partial charge in [-0.15, -0.1) is 5.10 Å². The van der Waals surface area contributed by atoms with E-state index in [4.69, 9.17) is 4.74 Å². The van der Waals surface area contributed by atoms with Crippen LogP contribution in [0, 0.1) is 0 Å². The number of aromatic nitrogens is 3. The van der Waals surface area contributed by atoms with Crippen molar-refractivity contribution in [2.24, 2.45) is 0 Å². The summed E-state index contributed by atoms with van der Waals surface area (Å²) in [5, 5.41) is 11.3. The molecule has 7 nitrogen and oxygen atoms in total. The lowest BCUT2D eigenvalue weighted by Gasteiger charge is -2.38. The van der Waals surface area contributed by atoms with Gasteiger partial charge in [0.05, 0.1) is 12.2 Å². The van der Waals surface area contributed by atoms with Gasteiger partial charge in [-0.1, -0.05) is 53.7 Å². The molecule has 1 aliphatic heterocycles. The average molecular weight is 391 g/mol. The molecule has 2 aromatic carbocycles. The van der Waals surface area contributed by atoms with Gasteiger partial charge in [0.25, 0.3) is 0 Å². The van der Waals surface area contributed by atoms with E-state index in [0.717, 1.165) is 24.3 Å². The second-order valence-corrected chi connectivity index (χ2v) is 7.17. The Kier molecular flexibility index (Phi) is 6.04. The first-order valence-electron chi connectivity index (χ1n) is 9.93. The van der Waals surface area contributed by atoms with Crippen LogP contribution < -0.4 is 10.1 Å². The molecule has 0 spiro atoms. The van der Waals surface area contributed by atoms with Gasteiger partial charge in [0.2, 0.25) is 0 Å². The predicted octanol–water partition coefficient (Wildman–Crippen LogP) is 3.06. The van der Waals surface area contributed by atoms with Crippen LogP contribution in [0.4, 0.5) is 4.79 Å². The Bertz CT molecular complexity index is 907. The fourth-order valence-corrected chi connectivity index (χ4v) is 3.26. The molecule has 150 valence electrons. The first-order valence-corrected chi connectivity index (χ1v) is 9.93. The zero-order valence-corrected chi connectivity index (χ0v) is 16.3. The van der Waals surface area contributed by atoms with Crippen LogP contribution in [0.15, 0.2) is 66.9 Å². The van der Waals surface area contributed by atoms with Crippen molar-refractivity contribution in [1.29, 1.82) is 0 Å². The fraction of sp³-hybridized carbons (Fsp3) is 0.318. The lowest BCUT2D eigenvalue weighted by Crippen LogP contribution is -2.54. The highest BCUT2D eigenvalue weighted by Crippen LogP contribution is 2.20. The van der Waals surface area contributed by atoms with Crippen LogP contribution in [-0.2, 0) is 13.0 Å². The van der Waals surface area contributed by atoms with Crippen LogP contribution in [-0.4, -0.2) is 45.6 Å². The van der Waals surface area contributed by atoms with E-state index in [9.17, 15) is 4.79 Å². The normalized spacial score (nSPS) is 13.7. The molecule has 1 saturated heterocycles. The number of carbonyl (C=O) groups is 1. The number of hydrogen-bond acceptors (Lipinski definition) is 4. The minimum atomic E-state index is -0.0120. The summed E-state index contributed by atoms with van der Waals surface area (Å²) in [5.41, 5.74) is 2.07. The molecule has 0 radical (unpaired) electrons. The number of ether oxygens (including phenoxy) is 1. The van der Waals surface area contributed by atoms with Crippen molar-refractivity contribution < 1.29 is 9.53 Å². The summed E-state index contributed by atoms with van der Waals surface area (Å²) in [6.07, 6.45) is 3.79. The van der Waals surface area contributed by atoms with Crippen LogP contribution in [0.25, 0.3) is 0 Å². The molecule has 3 aromatic rings. The Morgan fingerprint density at radius 2 is 1.79 bits per heavy atom. The van der Waals surface area contributed by atoms with E-state index in [2.05, 4.69) is 27.8 Å². The van der Waals surface area contributed by atoms with Crippen molar-refractivity contribution in [2.45, 2.75) is 25.5 Å². The summed E-state index contributed by atoms with van der Waals surface area (Å²) in [5.74, 6) is 0.806. The SMILES string of the molecule is O=C(NCCCc1ccccc1)N1CC(n2cc(COc3ccccc3)nn2)C1. The summed E-state index contributed by atoms with van der Waals surface area (Å²) in [7, 11) is 0. The number of para-hydroxylation sites is 1. The van der Waals surface area contributed by atoms with E-state index in [0.29, 0.717) is 26.2 Å². The van der Waals surface area contributed by atoms with Gasteiger partial charge in [0.15, 0.2) is 0 Å². The minimum Gasteiger partial charge on any atom is -0.487 e. The summed E-state index contributed by atoms with van der Waals surface area (Å²) >= 11 is 0. The number of benzene rings is 2. The van der Waals surface area contributed by atoms with E-state index in [1.165, 1.54) is 5.56 Å². The van der Waals surface area contributed by atoms with Gasteiger partial charge in [-0.25, -0.2) is 9.48 Å². The predicted molar refractivity (Wildman–Crippen MR) is 110 cm³/mol. The van der Waals surface area contributed by atoms with Crippen molar-refractivity contribution in [3.05, 3.63) is 78.1 Å². The molecule has 0 bridgehead atoms. The zero-order valence-electron chi connectivity index (χ0n) is 16.3. The first kappa shape index (κ1) is 19.0. The average Bonchev–Trinajstić information content (AvgIpc) is 3.19. The first-order chi connectivity index (χ1) is 14.3. The third kappa shape index (κ3) is 5.13. The number of urea groups is 1. The van der Waals surface area contributed by atoms with Crippen LogP contribution >= 0.6 is 0 Å². The van der Waals surface area contributed by atoms with Crippen LogP contribution in [0.1, 0.15) is 23.7 Å². The molecule has 0 unspecified atom stereocenters. The van der Waals surface area contributed by atoms with Crippen molar-refractivity contribution in [3.8, 4) is 5.75 Å². The quantitative estimate of drug-likeness (QED) is 0.599. The second-order valence-electron chi connectivity index (χ2n) is 7.17.